The molecular formula is C29H46NOPS. The molecule has 0 saturated carbocycles. The van der Waals surface area contributed by atoms with Gasteiger partial charge in [0.1, 0.15) is 0 Å². The van der Waals surface area contributed by atoms with Crippen LogP contribution in [0.2, 0.25) is 0 Å². The lowest BCUT2D eigenvalue weighted by Gasteiger charge is -2.43. The van der Waals surface area contributed by atoms with Crippen molar-refractivity contribution in [2.24, 2.45) is 0 Å². The summed E-state index contributed by atoms with van der Waals surface area (Å²) in [5.41, 5.74) is 3.81. The summed E-state index contributed by atoms with van der Waals surface area (Å²) in [6, 6.07) is 17.6. The first-order chi connectivity index (χ1) is 14.8. The average Bonchev–Trinajstić information content (AvgIpc) is 2.63. The number of hydrogen-bond donors (Lipinski definition) is 1. The molecule has 0 aromatic heterocycles. The Morgan fingerprint density at radius 2 is 1.21 bits per heavy atom. The highest BCUT2D eigenvalue weighted by molar-refractivity contribution is 7.84. The van der Waals surface area contributed by atoms with Gasteiger partial charge in [0.15, 0.2) is 0 Å². The molecule has 2 atom stereocenters. The first-order valence-corrected chi connectivity index (χ1v) is 14.5. The van der Waals surface area contributed by atoms with Crippen LogP contribution in [-0.4, -0.2) is 19.3 Å². The molecule has 2 nitrogen and oxygen atoms in total. The second kappa shape index (κ2) is 9.92. The Morgan fingerprint density at radius 3 is 1.64 bits per heavy atom. The Balaban J connectivity index is 2.72. The maximum absolute atomic E-state index is 13.3. The summed E-state index contributed by atoms with van der Waals surface area (Å²) in [6.07, 6.45) is 0. The molecule has 0 heterocycles. The van der Waals surface area contributed by atoms with E-state index in [9.17, 15) is 4.21 Å². The molecule has 0 amide bonds. The van der Waals surface area contributed by atoms with Crippen molar-refractivity contribution in [2.75, 3.05) is 0 Å². The van der Waals surface area contributed by atoms with E-state index < -0.39 is 18.9 Å². The summed E-state index contributed by atoms with van der Waals surface area (Å²) in [5, 5.41) is 1.69. The highest BCUT2D eigenvalue weighted by Crippen LogP contribution is 2.59. The summed E-state index contributed by atoms with van der Waals surface area (Å²) < 4.78 is 16.5. The summed E-state index contributed by atoms with van der Waals surface area (Å²) in [4.78, 5) is 0. The van der Waals surface area contributed by atoms with Crippen molar-refractivity contribution in [3.8, 4) is 0 Å². The van der Waals surface area contributed by atoms with Gasteiger partial charge in [-0.05, 0) is 58.5 Å². The van der Waals surface area contributed by atoms with Crippen LogP contribution < -0.4 is 10.0 Å². The van der Waals surface area contributed by atoms with Crippen LogP contribution in [0.1, 0.15) is 106 Å². The largest absolute Gasteiger partial charge is 0.242 e. The third-order valence-electron chi connectivity index (χ3n) is 5.72. The van der Waals surface area contributed by atoms with Gasteiger partial charge in [-0.25, -0.2) is 8.93 Å². The first-order valence-electron chi connectivity index (χ1n) is 12.0. The van der Waals surface area contributed by atoms with Gasteiger partial charge in [0, 0.05) is 0 Å². The van der Waals surface area contributed by atoms with Crippen molar-refractivity contribution in [3.05, 3.63) is 65.2 Å². The molecule has 0 aliphatic carbocycles. The minimum absolute atomic E-state index is 0.0976. The Kier molecular flexibility index (Phi) is 8.48. The maximum Gasteiger partial charge on any atom is 0.0979 e. The molecule has 0 spiro atoms. The minimum atomic E-state index is -1.20. The molecule has 184 valence electrons. The van der Waals surface area contributed by atoms with E-state index in [0.29, 0.717) is 0 Å². The van der Waals surface area contributed by atoms with Crippen molar-refractivity contribution in [1.82, 2.24) is 4.72 Å². The molecule has 2 aromatic carbocycles. The summed E-state index contributed by atoms with van der Waals surface area (Å²) >= 11 is 0. The molecule has 1 N–H and O–H groups in total. The second-order valence-corrected chi connectivity index (χ2v) is 18.9. The number of benzene rings is 2. The zero-order chi connectivity index (χ0) is 25.4. The van der Waals surface area contributed by atoms with E-state index in [0.717, 1.165) is 5.56 Å². The van der Waals surface area contributed by atoms with E-state index in [2.05, 4.69) is 116 Å². The third-order valence-corrected chi connectivity index (χ3v) is 10.9. The van der Waals surface area contributed by atoms with Crippen LogP contribution in [0, 0.1) is 0 Å². The number of rotatable bonds is 5. The first kappa shape index (κ1) is 28.2. The molecule has 2 aromatic rings. The summed E-state index contributed by atoms with van der Waals surface area (Å²) in [7, 11) is -1.70. The van der Waals surface area contributed by atoms with Gasteiger partial charge in [0.2, 0.25) is 0 Å². The van der Waals surface area contributed by atoms with Gasteiger partial charge in [-0.1, -0.05) is 119 Å². The van der Waals surface area contributed by atoms with E-state index >= 15 is 0 Å². The van der Waals surface area contributed by atoms with Crippen LogP contribution in [0.3, 0.4) is 0 Å². The standard InChI is InChI=1S/C29H46NOPS/c1-26(2,3)22-19-17-21(18-20-22)25(30-33(31)29(10,11)12)23-15-13-14-16-24(23)32(27(4,5)6)28(7,8)9/h13-20,25,30H,1-12H3/t25-,33?/m0/s1. The number of nitrogens with one attached hydrogen (secondary N) is 1. The quantitative estimate of drug-likeness (QED) is 0.428. The van der Waals surface area contributed by atoms with E-state index in [4.69, 9.17) is 0 Å². The molecule has 33 heavy (non-hydrogen) atoms. The SMILES string of the molecule is CC(C)(C)c1ccc([C@H](NS(=O)C(C)(C)C)c2ccccc2P(C(C)(C)C)C(C)(C)C)cc1. The molecule has 1 unspecified atom stereocenters. The fourth-order valence-electron chi connectivity index (χ4n) is 4.43. The third kappa shape index (κ3) is 7.23. The average molecular weight is 488 g/mol. The maximum atomic E-state index is 13.3. The fraction of sp³-hybridized carbons (Fsp3) is 0.586. The highest BCUT2D eigenvalue weighted by atomic mass is 32.2. The van der Waals surface area contributed by atoms with Crippen LogP contribution in [0.5, 0.6) is 0 Å². The topological polar surface area (TPSA) is 29.1 Å². The van der Waals surface area contributed by atoms with Crippen molar-refractivity contribution in [3.63, 3.8) is 0 Å². The molecule has 0 aliphatic rings. The zero-order valence-corrected chi connectivity index (χ0v) is 24.7. The highest BCUT2D eigenvalue weighted by Gasteiger charge is 2.38. The fourth-order valence-corrected chi connectivity index (χ4v) is 9.42. The van der Waals surface area contributed by atoms with Gasteiger partial charge in [-0.3, -0.25) is 0 Å². The second-order valence-electron chi connectivity index (χ2n) is 13.0. The zero-order valence-electron chi connectivity index (χ0n) is 23.0. The summed E-state index contributed by atoms with van der Waals surface area (Å²) in [5.74, 6) is 0. The van der Waals surface area contributed by atoms with Gasteiger partial charge in [0.05, 0.1) is 21.8 Å². The van der Waals surface area contributed by atoms with Crippen molar-refractivity contribution < 1.29 is 4.21 Å². The Morgan fingerprint density at radius 1 is 0.727 bits per heavy atom. The Bertz CT molecular complexity index is 939. The lowest BCUT2D eigenvalue weighted by molar-refractivity contribution is 0.589. The summed E-state index contributed by atoms with van der Waals surface area (Å²) in [6.45, 7) is 26.9. The van der Waals surface area contributed by atoms with Gasteiger partial charge >= 0.3 is 0 Å². The normalized spacial score (nSPS) is 15.5. The van der Waals surface area contributed by atoms with Gasteiger partial charge in [-0.2, -0.15) is 0 Å². The van der Waals surface area contributed by atoms with Gasteiger partial charge < -0.3 is 0 Å². The van der Waals surface area contributed by atoms with Crippen LogP contribution >= 0.6 is 7.92 Å². The monoisotopic (exact) mass is 487 g/mol. The molecule has 4 heteroatoms. The van der Waals surface area contributed by atoms with E-state index in [1.165, 1.54) is 16.4 Å². The molecule has 0 fully saturated rings. The lowest BCUT2D eigenvalue weighted by atomic mass is 9.86. The van der Waals surface area contributed by atoms with E-state index in [1.807, 2.05) is 20.8 Å². The smallest absolute Gasteiger partial charge is 0.0979 e. The number of hydrogen-bond acceptors (Lipinski definition) is 1. The van der Waals surface area contributed by atoms with E-state index in [1.54, 1.807) is 0 Å². The molecular weight excluding hydrogens is 441 g/mol. The van der Waals surface area contributed by atoms with Crippen LogP contribution in [0.25, 0.3) is 0 Å². The van der Waals surface area contributed by atoms with E-state index in [-0.39, 0.29) is 26.5 Å². The lowest BCUT2D eigenvalue weighted by Crippen LogP contribution is -2.39. The Hall–Kier alpha value is -1.02. The van der Waals surface area contributed by atoms with Crippen molar-refractivity contribution >= 4 is 24.2 Å². The molecule has 0 aliphatic heterocycles. The van der Waals surface area contributed by atoms with Crippen LogP contribution in [0.15, 0.2) is 48.5 Å². The molecule has 0 saturated heterocycles. The van der Waals surface area contributed by atoms with Crippen molar-refractivity contribution in [2.45, 2.75) is 110 Å². The van der Waals surface area contributed by atoms with Crippen LogP contribution in [-0.2, 0) is 16.4 Å². The van der Waals surface area contributed by atoms with Crippen molar-refractivity contribution in [1.29, 1.82) is 0 Å². The predicted molar refractivity (Wildman–Crippen MR) is 151 cm³/mol. The Labute approximate surface area is 207 Å². The molecule has 0 radical (unpaired) electrons. The molecule has 0 bridgehead atoms. The van der Waals surface area contributed by atoms with Crippen LogP contribution in [0.4, 0.5) is 0 Å². The minimum Gasteiger partial charge on any atom is -0.242 e. The molecule has 2 rings (SSSR count). The predicted octanol–water partition coefficient (Wildman–Crippen LogP) is 7.83. The van der Waals surface area contributed by atoms with Gasteiger partial charge in [0.25, 0.3) is 0 Å². The van der Waals surface area contributed by atoms with Gasteiger partial charge in [-0.15, -0.1) is 0 Å².